The Hall–Kier alpha value is -1.41. The van der Waals surface area contributed by atoms with Crippen LogP contribution in [-0.4, -0.2) is 53.3 Å². The number of hydrogen-bond acceptors (Lipinski definition) is 7. The van der Waals surface area contributed by atoms with E-state index in [0.29, 0.717) is 19.4 Å². The molecule has 3 fully saturated rings. The second kappa shape index (κ2) is 8.91. The molecule has 0 aliphatic heterocycles. The topological polar surface area (TPSA) is 99.1 Å². The number of carbonyl (C=O) groups is 3. The van der Waals surface area contributed by atoms with Crippen molar-refractivity contribution in [1.82, 2.24) is 0 Å². The smallest absolute Gasteiger partial charge is 0.302 e. The first-order valence-electron chi connectivity index (χ1n) is 12.3. The average Bonchev–Trinajstić information content (AvgIpc) is 3.48. The summed E-state index contributed by atoms with van der Waals surface area (Å²) in [6, 6.07) is 0. The van der Waals surface area contributed by atoms with Crippen LogP contribution in [0.3, 0.4) is 0 Å². The van der Waals surface area contributed by atoms with Gasteiger partial charge in [-0.1, -0.05) is 41.4 Å². The zero-order chi connectivity index (χ0) is 25.1. The van der Waals surface area contributed by atoms with Crippen LogP contribution in [0.15, 0.2) is 11.6 Å². The lowest BCUT2D eigenvalue weighted by molar-refractivity contribution is -0.170. The summed E-state index contributed by atoms with van der Waals surface area (Å²) in [5, 5.41) is 9.85. The number of allylic oxidation sites excluding steroid dienone is 1. The van der Waals surface area contributed by atoms with E-state index in [4.69, 9.17) is 14.2 Å². The van der Waals surface area contributed by atoms with Crippen LogP contribution in [0.25, 0.3) is 0 Å². The van der Waals surface area contributed by atoms with Gasteiger partial charge in [-0.15, -0.1) is 0 Å². The predicted octanol–water partition coefficient (Wildman–Crippen LogP) is 3.95. The fourth-order valence-corrected chi connectivity index (χ4v) is 8.01. The fraction of sp³-hybridized carbons (Fsp3) is 0.808. The van der Waals surface area contributed by atoms with Crippen molar-refractivity contribution in [1.29, 1.82) is 0 Å². The Kier molecular flexibility index (Phi) is 6.73. The molecule has 190 valence electrons. The van der Waals surface area contributed by atoms with Crippen LogP contribution in [0.5, 0.6) is 0 Å². The van der Waals surface area contributed by atoms with Gasteiger partial charge < -0.3 is 19.3 Å². The van der Waals surface area contributed by atoms with Crippen molar-refractivity contribution in [3.05, 3.63) is 11.6 Å². The molecule has 4 rings (SSSR count). The van der Waals surface area contributed by atoms with Crippen LogP contribution in [-0.2, 0) is 28.6 Å². The molecule has 4 aliphatic carbocycles. The van der Waals surface area contributed by atoms with E-state index in [1.165, 1.54) is 26.3 Å². The molecule has 7 nitrogen and oxygen atoms in total. The number of carbonyl (C=O) groups excluding carboxylic acids is 3. The fourth-order valence-electron chi connectivity index (χ4n) is 7.64. The van der Waals surface area contributed by atoms with E-state index in [1.807, 2.05) is 0 Å². The Balaban J connectivity index is 1.76. The van der Waals surface area contributed by atoms with Crippen molar-refractivity contribution in [2.24, 2.45) is 34.0 Å². The lowest BCUT2D eigenvalue weighted by Gasteiger charge is -2.59. The molecule has 0 spiro atoms. The van der Waals surface area contributed by atoms with E-state index in [2.05, 4.69) is 35.9 Å². The zero-order valence-corrected chi connectivity index (χ0v) is 22.4. The highest BCUT2D eigenvalue weighted by atomic mass is 79.9. The molecule has 0 radical (unpaired) electrons. The minimum Gasteiger partial charge on any atom is -0.465 e. The van der Waals surface area contributed by atoms with Gasteiger partial charge in [-0.25, -0.2) is 0 Å². The van der Waals surface area contributed by atoms with Crippen LogP contribution in [0.1, 0.15) is 66.7 Å². The molecule has 0 saturated heterocycles. The highest BCUT2D eigenvalue weighted by molar-refractivity contribution is 9.09. The van der Waals surface area contributed by atoms with Gasteiger partial charge in [0.25, 0.3) is 0 Å². The third-order valence-electron chi connectivity index (χ3n) is 9.26. The predicted molar refractivity (Wildman–Crippen MR) is 128 cm³/mol. The standard InChI is InChI=1S/C26H37BrO7/c1-14(29)32-13-26-10-19(26)21(34-16(3)31)11-25(5)18-6-7-24(4,23(27)12-28)9-17(18)20(8-22(25)26)33-15(2)30/h6,17,19-23,28H,7-13H2,1-5H3. The quantitative estimate of drug-likeness (QED) is 0.235. The van der Waals surface area contributed by atoms with Gasteiger partial charge in [0.2, 0.25) is 0 Å². The van der Waals surface area contributed by atoms with Crippen LogP contribution < -0.4 is 0 Å². The Morgan fingerprint density at radius 3 is 2.29 bits per heavy atom. The lowest BCUT2D eigenvalue weighted by atomic mass is 9.48. The van der Waals surface area contributed by atoms with Crippen molar-refractivity contribution >= 4 is 33.8 Å². The SMILES string of the molecule is CC(=O)OCC12CC1C(OC(C)=O)CC1(C)C3=CCC(C)(C(Br)CO)CC3C(OC(C)=O)CC12. The summed E-state index contributed by atoms with van der Waals surface area (Å²) >= 11 is 3.67. The van der Waals surface area contributed by atoms with Crippen LogP contribution in [0.4, 0.5) is 0 Å². The molecule has 0 aromatic heterocycles. The summed E-state index contributed by atoms with van der Waals surface area (Å²) in [7, 11) is 0. The first kappa shape index (κ1) is 25.7. The van der Waals surface area contributed by atoms with Crippen molar-refractivity contribution in [3.8, 4) is 0 Å². The highest BCUT2D eigenvalue weighted by Crippen LogP contribution is 2.74. The summed E-state index contributed by atoms with van der Waals surface area (Å²) in [5.74, 6) is -0.603. The number of fused-ring (bicyclic) bond motifs is 5. The Bertz CT molecular complexity index is 902. The number of rotatable bonds is 6. The molecule has 4 aliphatic rings. The number of esters is 3. The van der Waals surface area contributed by atoms with Gasteiger partial charge in [-0.05, 0) is 48.9 Å². The summed E-state index contributed by atoms with van der Waals surface area (Å²) < 4.78 is 17.3. The van der Waals surface area contributed by atoms with E-state index in [-0.39, 0.29) is 75.5 Å². The Morgan fingerprint density at radius 2 is 1.71 bits per heavy atom. The second-order valence-corrected chi connectivity index (χ2v) is 12.6. The van der Waals surface area contributed by atoms with Gasteiger partial charge in [-0.3, -0.25) is 14.4 Å². The monoisotopic (exact) mass is 540 g/mol. The Labute approximate surface area is 210 Å². The van der Waals surface area contributed by atoms with Gasteiger partial charge in [0.15, 0.2) is 0 Å². The first-order valence-corrected chi connectivity index (χ1v) is 13.2. The average molecular weight is 541 g/mol. The highest BCUT2D eigenvalue weighted by Gasteiger charge is 2.73. The summed E-state index contributed by atoms with van der Waals surface area (Å²) in [6.07, 6.45) is 5.59. The summed E-state index contributed by atoms with van der Waals surface area (Å²) in [6.45, 7) is 9.06. The number of hydrogen-bond donors (Lipinski definition) is 1. The zero-order valence-electron chi connectivity index (χ0n) is 20.8. The van der Waals surface area contributed by atoms with E-state index in [1.54, 1.807) is 0 Å². The number of aliphatic hydroxyl groups excluding tert-OH is 1. The molecule has 0 bridgehead atoms. The minimum atomic E-state index is -0.318. The molecule has 9 atom stereocenters. The van der Waals surface area contributed by atoms with Crippen molar-refractivity contribution in [2.45, 2.75) is 83.8 Å². The van der Waals surface area contributed by atoms with Gasteiger partial charge >= 0.3 is 17.9 Å². The first-order chi connectivity index (χ1) is 15.9. The molecular weight excluding hydrogens is 504 g/mol. The maximum Gasteiger partial charge on any atom is 0.302 e. The molecule has 0 amide bonds. The third kappa shape index (κ3) is 4.23. The van der Waals surface area contributed by atoms with Crippen molar-refractivity contribution in [2.75, 3.05) is 13.2 Å². The number of ether oxygens (including phenoxy) is 3. The van der Waals surface area contributed by atoms with Gasteiger partial charge in [0.05, 0.1) is 13.2 Å². The van der Waals surface area contributed by atoms with E-state index in [0.717, 1.165) is 19.3 Å². The minimum absolute atomic E-state index is 0.0227. The maximum absolute atomic E-state index is 12.1. The molecule has 0 heterocycles. The number of halogens is 1. The molecule has 0 aromatic rings. The molecule has 9 unspecified atom stereocenters. The lowest BCUT2D eigenvalue weighted by Crippen LogP contribution is -2.56. The van der Waals surface area contributed by atoms with Gasteiger partial charge in [0.1, 0.15) is 12.2 Å². The number of alkyl halides is 1. The molecule has 8 heteroatoms. The van der Waals surface area contributed by atoms with Crippen molar-refractivity contribution in [3.63, 3.8) is 0 Å². The van der Waals surface area contributed by atoms with Crippen LogP contribution >= 0.6 is 15.9 Å². The maximum atomic E-state index is 12.1. The molecule has 1 N–H and O–H groups in total. The Morgan fingerprint density at radius 1 is 1.06 bits per heavy atom. The third-order valence-corrected chi connectivity index (χ3v) is 10.7. The summed E-state index contributed by atoms with van der Waals surface area (Å²) in [4.78, 5) is 35.7. The molecule has 0 aromatic carbocycles. The summed E-state index contributed by atoms with van der Waals surface area (Å²) in [5.41, 5.74) is 0.533. The van der Waals surface area contributed by atoms with E-state index >= 15 is 0 Å². The van der Waals surface area contributed by atoms with Crippen molar-refractivity contribution < 1.29 is 33.7 Å². The van der Waals surface area contributed by atoms with Gasteiger partial charge in [0, 0.05) is 42.8 Å². The molecule has 34 heavy (non-hydrogen) atoms. The van der Waals surface area contributed by atoms with Gasteiger partial charge in [-0.2, -0.15) is 0 Å². The van der Waals surface area contributed by atoms with Crippen LogP contribution in [0, 0.1) is 34.0 Å². The molecular formula is C26H37BrO7. The van der Waals surface area contributed by atoms with E-state index < -0.39 is 0 Å². The van der Waals surface area contributed by atoms with Crippen LogP contribution in [0.2, 0.25) is 0 Å². The van der Waals surface area contributed by atoms with E-state index in [9.17, 15) is 19.5 Å². The number of aliphatic hydroxyl groups is 1. The largest absolute Gasteiger partial charge is 0.465 e. The normalized spacial score (nSPS) is 43.3. The molecule has 3 saturated carbocycles. The second-order valence-electron chi connectivity index (χ2n) is 11.5.